The quantitative estimate of drug-likeness (QED) is 0.191. The van der Waals surface area contributed by atoms with Crippen LogP contribution in [0.15, 0.2) is 83.3 Å². The summed E-state index contributed by atoms with van der Waals surface area (Å²) >= 11 is 3.29. The maximum absolute atomic E-state index is 12.8. The van der Waals surface area contributed by atoms with E-state index in [9.17, 15) is 24.0 Å². The maximum Gasteiger partial charge on any atom is 0.338 e. The summed E-state index contributed by atoms with van der Waals surface area (Å²) in [5.74, 6) is -2.49. The summed E-state index contributed by atoms with van der Waals surface area (Å²) in [6, 6.07) is 19.8. The third kappa shape index (κ3) is 5.73. The van der Waals surface area contributed by atoms with Gasteiger partial charge < -0.3 is 4.74 Å². The van der Waals surface area contributed by atoms with Crippen LogP contribution in [-0.4, -0.2) is 42.1 Å². The number of Topliss-reactive ketones (excluding diaryl/α,β-unsaturated/α-hetero) is 1. The fourth-order valence-electron chi connectivity index (χ4n) is 3.51. The number of carbonyl (C=O) groups excluding carboxylic acids is 5. The minimum atomic E-state index is -0.931. The van der Waals surface area contributed by atoms with Gasteiger partial charge in [-0.15, -0.1) is 0 Å². The van der Waals surface area contributed by atoms with Crippen LogP contribution in [0, 0.1) is 0 Å². The number of ketones is 1. The van der Waals surface area contributed by atoms with Crippen molar-refractivity contribution < 1.29 is 28.7 Å². The van der Waals surface area contributed by atoms with Gasteiger partial charge in [-0.05, 0) is 48.5 Å². The maximum atomic E-state index is 12.8. The van der Waals surface area contributed by atoms with E-state index in [0.717, 1.165) is 9.37 Å². The predicted molar refractivity (Wildman–Crippen MR) is 133 cm³/mol. The van der Waals surface area contributed by atoms with Crippen molar-refractivity contribution in [1.29, 1.82) is 0 Å². The van der Waals surface area contributed by atoms with Crippen LogP contribution in [0.25, 0.3) is 0 Å². The Morgan fingerprint density at radius 3 is 2.17 bits per heavy atom. The lowest BCUT2D eigenvalue weighted by atomic mass is 10.1. The van der Waals surface area contributed by atoms with E-state index in [2.05, 4.69) is 26.8 Å². The van der Waals surface area contributed by atoms with Gasteiger partial charge >= 0.3 is 5.97 Å². The Morgan fingerprint density at radius 2 is 1.50 bits per heavy atom. The van der Waals surface area contributed by atoms with Gasteiger partial charge in [0, 0.05) is 15.6 Å². The molecule has 0 radical (unpaired) electrons. The topological polar surface area (TPSA) is 122 Å². The first kappa shape index (κ1) is 25.0. The van der Waals surface area contributed by atoms with Gasteiger partial charge in [0.05, 0.1) is 17.7 Å². The van der Waals surface area contributed by atoms with Gasteiger partial charge in [-0.3, -0.25) is 24.6 Å². The lowest BCUT2D eigenvalue weighted by molar-refractivity contribution is -0.121. The Morgan fingerprint density at radius 1 is 0.861 bits per heavy atom. The zero-order chi connectivity index (χ0) is 25.7. The zero-order valence-corrected chi connectivity index (χ0v) is 20.4. The van der Waals surface area contributed by atoms with Gasteiger partial charge in [0.2, 0.25) is 5.91 Å². The monoisotopic (exact) mass is 549 g/mol. The molecule has 3 aromatic carbocycles. The molecule has 182 valence electrons. The Hall–Kier alpha value is -4.15. The van der Waals surface area contributed by atoms with E-state index in [0.29, 0.717) is 11.1 Å². The smallest absolute Gasteiger partial charge is 0.338 e. The highest BCUT2D eigenvalue weighted by molar-refractivity contribution is 9.10. The van der Waals surface area contributed by atoms with Gasteiger partial charge in [-0.25, -0.2) is 15.1 Å². The van der Waals surface area contributed by atoms with E-state index in [4.69, 9.17) is 4.74 Å². The number of imide groups is 1. The minimum absolute atomic E-state index is 0.143. The number of ether oxygens (including phenoxy) is 1. The number of rotatable bonds is 8. The molecule has 1 unspecified atom stereocenters. The molecule has 10 heteroatoms. The Bertz CT molecular complexity index is 1310. The number of amides is 3. The largest absolute Gasteiger partial charge is 0.454 e. The second-order valence-corrected chi connectivity index (χ2v) is 8.76. The lowest BCUT2D eigenvalue weighted by Gasteiger charge is -2.16. The summed E-state index contributed by atoms with van der Waals surface area (Å²) in [6.45, 7) is -0.423. The summed E-state index contributed by atoms with van der Waals surface area (Å²) in [5, 5.41) is 0. The molecule has 0 spiro atoms. The van der Waals surface area contributed by atoms with Crippen LogP contribution in [-0.2, 0) is 14.3 Å². The van der Waals surface area contributed by atoms with Crippen molar-refractivity contribution in [3.8, 4) is 0 Å². The van der Waals surface area contributed by atoms with Crippen molar-refractivity contribution >= 4 is 51.1 Å². The van der Waals surface area contributed by atoms with E-state index in [1.165, 1.54) is 24.3 Å². The molecule has 1 aliphatic rings. The highest BCUT2D eigenvalue weighted by Crippen LogP contribution is 2.23. The van der Waals surface area contributed by atoms with Gasteiger partial charge in [0.25, 0.3) is 11.8 Å². The molecule has 1 fully saturated rings. The summed E-state index contributed by atoms with van der Waals surface area (Å²) in [5.41, 5.74) is 6.30. The van der Waals surface area contributed by atoms with Crippen LogP contribution >= 0.6 is 15.9 Å². The third-order valence-electron chi connectivity index (χ3n) is 5.40. The van der Waals surface area contributed by atoms with E-state index in [-0.39, 0.29) is 23.5 Å². The number of benzene rings is 3. The highest BCUT2D eigenvalue weighted by atomic mass is 79.9. The van der Waals surface area contributed by atoms with Crippen LogP contribution in [0.5, 0.6) is 0 Å². The number of nitrogens with one attached hydrogen (secondary N) is 2. The molecule has 1 saturated heterocycles. The van der Waals surface area contributed by atoms with Crippen LogP contribution in [0.1, 0.15) is 37.5 Å². The average molecular weight is 550 g/mol. The summed E-state index contributed by atoms with van der Waals surface area (Å²) in [4.78, 5) is 63.0. The van der Waals surface area contributed by atoms with E-state index >= 15 is 0 Å². The first-order valence-corrected chi connectivity index (χ1v) is 11.7. The molecule has 1 aliphatic heterocycles. The first-order chi connectivity index (χ1) is 17.3. The molecule has 3 aromatic rings. The van der Waals surface area contributed by atoms with Crippen molar-refractivity contribution in [1.82, 2.24) is 10.9 Å². The number of hydrazine groups is 1. The van der Waals surface area contributed by atoms with Crippen molar-refractivity contribution in [2.45, 2.75) is 12.5 Å². The van der Waals surface area contributed by atoms with Crippen molar-refractivity contribution in [3.63, 3.8) is 0 Å². The number of esters is 1. The fraction of sp³-hybridized carbons (Fsp3) is 0.115. The normalized spacial score (nSPS) is 15.0. The van der Waals surface area contributed by atoms with Crippen molar-refractivity contribution in [3.05, 3.63) is 100 Å². The second kappa shape index (κ2) is 11.1. The van der Waals surface area contributed by atoms with Crippen molar-refractivity contribution in [2.24, 2.45) is 0 Å². The molecule has 0 saturated carbocycles. The van der Waals surface area contributed by atoms with Gasteiger partial charge in [-0.1, -0.05) is 46.3 Å². The van der Waals surface area contributed by atoms with E-state index < -0.39 is 36.3 Å². The first-order valence-electron chi connectivity index (χ1n) is 10.9. The fourth-order valence-corrected chi connectivity index (χ4v) is 3.77. The lowest BCUT2D eigenvalue weighted by Crippen LogP contribution is -2.48. The molecule has 3 amide bonds. The van der Waals surface area contributed by atoms with E-state index in [1.54, 1.807) is 54.6 Å². The number of nitrogens with zero attached hydrogens (tertiary/aromatic N) is 1. The molecule has 0 aliphatic carbocycles. The molecule has 0 bridgehead atoms. The number of anilines is 1. The van der Waals surface area contributed by atoms with Crippen LogP contribution in [0.4, 0.5) is 5.69 Å². The standard InChI is InChI=1S/C26H20BrN3O6/c27-19-10-6-16(7-11-19)22(31)15-36-26(35)18-8-12-20(13-9-18)30-23(32)14-21(25(30)34)28-29-24(33)17-4-2-1-3-5-17/h1-13,21,28H,14-15H2,(H,29,33). The predicted octanol–water partition coefficient (Wildman–Crippen LogP) is 3.06. The highest BCUT2D eigenvalue weighted by Gasteiger charge is 2.39. The number of carbonyl (C=O) groups is 5. The van der Waals surface area contributed by atoms with Gasteiger partial charge in [0.15, 0.2) is 12.4 Å². The Labute approximate surface area is 214 Å². The molecule has 2 N–H and O–H groups in total. The zero-order valence-electron chi connectivity index (χ0n) is 18.8. The van der Waals surface area contributed by atoms with Gasteiger partial charge in [0.1, 0.15) is 6.04 Å². The molecule has 1 atom stereocenters. The summed E-state index contributed by atoms with van der Waals surface area (Å²) in [6.07, 6.45) is -0.143. The minimum Gasteiger partial charge on any atom is -0.454 e. The van der Waals surface area contributed by atoms with Gasteiger partial charge in [-0.2, -0.15) is 0 Å². The van der Waals surface area contributed by atoms with Crippen molar-refractivity contribution in [2.75, 3.05) is 11.5 Å². The molecule has 4 rings (SSSR count). The Balaban J connectivity index is 1.33. The number of hydrogen-bond donors (Lipinski definition) is 2. The molecule has 1 heterocycles. The molecule has 9 nitrogen and oxygen atoms in total. The number of hydrogen-bond acceptors (Lipinski definition) is 7. The van der Waals surface area contributed by atoms with E-state index in [1.807, 2.05) is 0 Å². The van der Waals surface area contributed by atoms with Crippen LogP contribution in [0.3, 0.4) is 0 Å². The molecular weight excluding hydrogens is 530 g/mol. The SMILES string of the molecule is O=C(COC(=O)c1ccc(N2C(=O)CC(NNC(=O)c3ccccc3)C2=O)cc1)c1ccc(Br)cc1. The number of halogens is 1. The van der Waals surface area contributed by atoms with Crippen LogP contribution in [0.2, 0.25) is 0 Å². The molecule has 0 aromatic heterocycles. The summed E-state index contributed by atoms with van der Waals surface area (Å²) in [7, 11) is 0. The Kier molecular flexibility index (Phi) is 7.67. The molecular formula is C26H20BrN3O6. The summed E-state index contributed by atoms with van der Waals surface area (Å²) < 4.78 is 5.92. The third-order valence-corrected chi connectivity index (χ3v) is 5.93. The average Bonchev–Trinajstić information content (AvgIpc) is 3.19. The second-order valence-electron chi connectivity index (χ2n) is 7.84. The molecule has 36 heavy (non-hydrogen) atoms. The van der Waals surface area contributed by atoms with Crippen LogP contribution < -0.4 is 15.8 Å².